The van der Waals surface area contributed by atoms with Gasteiger partial charge in [-0.15, -0.1) is 0 Å². The number of esters is 1. The molecule has 1 N–H and O–H groups in total. The van der Waals surface area contributed by atoms with Crippen molar-refractivity contribution in [2.45, 2.75) is 19.5 Å². The molecule has 1 aromatic heterocycles. The molecule has 1 heterocycles. The number of hydrogen-bond donors (Lipinski definition) is 1. The highest BCUT2D eigenvalue weighted by molar-refractivity contribution is 5.90. The molecule has 0 unspecified atom stereocenters. The molecule has 4 nitrogen and oxygen atoms in total. The third-order valence-corrected chi connectivity index (χ3v) is 3.38. The topological polar surface area (TPSA) is 59.2 Å². The zero-order valence-corrected chi connectivity index (χ0v) is 12.5. The number of alkyl halides is 3. The van der Waals surface area contributed by atoms with E-state index in [0.29, 0.717) is 23.4 Å². The van der Waals surface area contributed by atoms with Gasteiger partial charge in [-0.05, 0) is 24.1 Å². The van der Waals surface area contributed by atoms with Crippen molar-refractivity contribution < 1.29 is 22.7 Å². The van der Waals surface area contributed by atoms with Crippen LogP contribution in [-0.2, 0) is 17.3 Å². The van der Waals surface area contributed by atoms with Crippen LogP contribution in [0.4, 0.5) is 13.2 Å². The van der Waals surface area contributed by atoms with Crippen LogP contribution >= 0.6 is 0 Å². The summed E-state index contributed by atoms with van der Waals surface area (Å²) in [5.41, 5.74) is -0.271. The Hall–Kier alpha value is -2.57. The molecule has 0 saturated heterocycles. The van der Waals surface area contributed by atoms with Crippen LogP contribution in [0.5, 0.6) is 0 Å². The lowest BCUT2D eigenvalue weighted by Gasteiger charge is -2.11. The van der Waals surface area contributed by atoms with Crippen LogP contribution in [0.2, 0.25) is 0 Å². The molecule has 0 spiro atoms. The number of aromatic nitrogens is 1. The van der Waals surface area contributed by atoms with Gasteiger partial charge in [0.15, 0.2) is 5.43 Å². The van der Waals surface area contributed by atoms with E-state index < -0.39 is 23.1 Å². The Bertz CT molecular complexity index is 777. The fraction of sp³-hybridized carbons (Fsp3) is 0.250. The minimum atomic E-state index is -4.42. The minimum absolute atomic E-state index is 0.0920. The predicted octanol–water partition coefficient (Wildman–Crippen LogP) is 3.41. The molecule has 1 aromatic carbocycles. The summed E-state index contributed by atoms with van der Waals surface area (Å²) in [7, 11) is 1.17. The van der Waals surface area contributed by atoms with E-state index in [1.165, 1.54) is 25.3 Å². The van der Waals surface area contributed by atoms with E-state index in [1.54, 1.807) is 6.92 Å². The molecule has 23 heavy (non-hydrogen) atoms. The van der Waals surface area contributed by atoms with Crippen LogP contribution < -0.4 is 5.43 Å². The quantitative estimate of drug-likeness (QED) is 0.880. The Balaban J connectivity index is 2.51. The van der Waals surface area contributed by atoms with Gasteiger partial charge in [0, 0.05) is 17.5 Å². The molecule has 0 amide bonds. The number of benzene rings is 1. The van der Waals surface area contributed by atoms with Crippen molar-refractivity contribution in [1.82, 2.24) is 4.98 Å². The first-order valence-corrected chi connectivity index (χ1v) is 6.80. The van der Waals surface area contributed by atoms with E-state index in [-0.39, 0.29) is 5.56 Å². The number of hydrogen-bond acceptors (Lipinski definition) is 3. The van der Waals surface area contributed by atoms with Gasteiger partial charge in [0.1, 0.15) is 5.56 Å². The standard InChI is InChI=1S/C16H14F3NO3/c1-3-11-14(15(22)23-2)13(21)8-12(20-11)9-4-6-10(7-5-9)16(17,18)19/h4-8H,3H2,1-2H3,(H,20,21). The minimum Gasteiger partial charge on any atom is -0.465 e. The summed E-state index contributed by atoms with van der Waals surface area (Å²) in [6.07, 6.45) is -4.05. The molecular weight excluding hydrogens is 311 g/mol. The maximum absolute atomic E-state index is 12.6. The van der Waals surface area contributed by atoms with Gasteiger partial charge in [0.05, 0.1) is 12.7 Å². The zero-order valence-electron chi connectivity index (χ0n) is 12.5. The normalized spacial score (nSPS) is 11.3. The number of rotatable bonds is 3. The van der Waals surface area contributed by atoms with Crippen molar-refractivity contribution in [2.75, 3.05) is 7.11 Å². The van der Waals surface area contributed by atoms with Crippen LogP contribution in [0, 0.1) is 0 Å². The Morgan fingerprint density at radius 1 is 1.22 bits per heavy atom. The number of aromatic amines is 1. The maximum Gasteiger partial charge on any atom is 0.416 e. The predicted molar refractivity (Wildman–Crippen MR) is 78.2 cm³/mol. The third kappa shape index (κ3) is 3.44. The van der Waals surface area contributed by atoms with Crippen LogP contribution in [-0.4, -0.2) is 18.1 Å². The fourth-order valence-electron chi connectivity index (χ4n) is 2.20. The van der Waals surface area contributed by atoms with Crippen LogP contribution in [0.3, 0.4) is 0 Å². The summed E-state index contributed by atoms with van der Waals surface area (Å²) in [4.78, 5) is 26.7. The van der Waals surface area contributed by atoms with E-state index in [9.17, 15) is 22.8 Å². The van der Waals surface area contributed by atoms with Crippen molar-refractivity contribution in [3.05, 3.63) is 57.4 Å². The maximum atomic E-state index is 12.6. The second kappa shape index (κ2) is 6.28. The molecule has 122 valence electrons. The first kappa shape index (κ1) is 16.8. The largest absolute Gasteiger partial charge is 0.465 e. The molecule has 7 heteroatoms. The molecule has 0 atom stereocenters. The monoisotopic (exact) mass is 325 g/mol. The van der Waals surface area contributed by atoms with Crippen LogP contribution in [0.1, 0.15) is 28.5 Å². The number of pyridine rings is 1. The van der Waals surface area contributed by atoms with Gasteiger partial charge < -0.3 is 9.72 Å². The van der Waals surface area contributed by atoms with E-state index >= 15 is 0 Å². The van der Waals surface area contributed by atoms with Crippen LogP contribution in [0.15, 0.2) is 35.1 Å². The lowest BCUT2D eigenvalue weighted by Crippen LogP contribution is -2.20. The molecule has 0 bridgehead atoms. The summed E-state index contributed by atoms with van der Waals surface area (Å²) in [5, 5.41) is 0. The highest BCUT2D eigenvalue weighted by Gasteiger charge is 2.30. The molecule has 0 fully saturated rings. The number of methoxy groups -OCH3 is 1. The molecule has 0 aliphatic rings. The van der Waals surface area contributed by atoms with Gasteiger partial charge in [0.2, 0.25) is 0 Å². The average molecular weight is 325 g/mol. The Morgan fingerprint density at radius 3 is 2.30 bits per heavy atom. The summed E-state index contributed by atoms with van der Waals surface area (Å²) in [5.74, 6) is -0.748. The van der Waals surface area contributed by atoms with E-state index in [0.717, 1.165) is 12.1 Å². The van der Waals surface area contributed by atoms with Crippen LogP contribution in [0.25, 0.3) is 11.3 Å². The number of H-pyrrole nitrogens is 1. The summed E-state index contributed by atoms with van der Waals surface area (Å²) in [6, 6.07) is 5.59. The summed E-state index contributed by atoms with van der Waals surface area (Å²) in [6.45, 7) is 1.74. The van der Waals surface area contributed by atoms with Gasteiger partial charge in [0.25, 0.3) is 0 Å². The van der Waals surface area contributed by atoms with Gasteiger partial charge in [-0.2, -0.15) is 13.2 Å². The second-order valence-corrected chi connectivity index (χ2v) is 4.82. The molecule has 2 aromatic rings. The summed E-state index contributed by atoms with van der Waals surface area (Å²) < 4.78 is 42.3. The average Bonchev–Trinajstić information content (AvgIpc) is 2.52. The van der Waals surface area contributed by atoms with Crippen molar-refractivity contribution in [1.29, 1.82) is 0 Å². The van der Waals surface area contributed by atoms with Gasteiger partial charge >= 0.3 is 12.1 Å². The van der Waals surface area contributed by atoms with Crippen molar-refractivity contribution in [2.24, 2.45) is 0 Å². The number of aryl methyl sites for hydroxylation is 1. The fourth-order valence-corrected chi connectivity index (χ4v) is 2.20. The van der Waals surface area contributed by atoms with Gasteiger partial charge in [-0.25, -0.2) is 4.79 Å². The summed E-state index contributed by atoms with van der Waals surface area (Å²) >= 11 is 0. The number of nitrogens with one attached hydrogen (secondary N) is 1. The SMILES string of the molecule is CCc1[nH]c(-c2ccc(C(F)(F)F)cc2)cc(=O)c1C(=O)OC. The number of carbonyl (C=O) groups excluding carboxylic acids is 1. The first-order chi connectivity index (χ1) is 10.8. The van der Waals surface area contributed by atoms with Crippen molar-refractivity contribution in [3.63, 3.8) is 0 Å². The van der Waals surface area contributed by atoms with E-state index in [2.05, 4.69) is 9.72 Å². The number of halogens is 3. The highest BCUT2D eigenvalue weighted by atomic mass is 19.4. The van der Waals surface area contributed by atoms with Crippen molar-refractivity contribution in [3.8, 4) is 11.3 Å². The smallest absolute Gasteiger partial charge is 0.416 e. The number of carbonyl (C=O) groups is 1. The second-order valence-electron chi connectivity index (χ2n) is 4.82. The molecule has 2 rings (SSSR count). The van der Waals surface area contributed by atoms with E-state index in [1.807, 2.05) is 0 Å². The van der Waals surface area contributed by atoms with Gasteiger partial charge in [-0.3, -0.25) is 4.79 Å². The molecule has 0 radical (unpaired) electrons. The molecular formula is C16H14F3NO3. The lowest BCUT2D eigenvalue weighted by molar-refractivity contribution is -0.137. The zero-order chi connectivity index (χ0) is 17.2. The number of ether oxygens (including phenoxy) is 1. The Morgan fingerprint density at radius 2 is 1.83 bits per heavy atom. The Labute approximate surface area is 129 Å². The first-order valence-electron chi connectivity index (χ1n) is 6.80. The van der Waals surface area contributed by atoms with E-state index in [4.69, 9.17) is 0 Å². The molecule has 0 aliphatic heterocycles. The third-order valence-electron chi connectivity index (χ3n) is 3.38. The molecule has 0 saturated carbocycles. The highest BCUT2D eigenvalue weighted by Crippen LogP contribution is 2.30. The van der Waals surface area contributed by atoms with Crippen molar-refractivity contribution >= 4 is 5.97 Å². The molecule has 0 aliphatic carbocycles. The Kier molecular flexibility index (Phi) is 4.58. The van der Waals surface area contributed by atoms with Gasteiger partial charge in [-0.1, -0.05) is 19.1 Å². The lowest BCUT2D eigenvalue weighted by atomic mass is 10.0.